The standard InChI is InChI=1S/C20H23F3N6O4S/c1-2-33-19(30)28-9-7-14(8-10-28)27-18-16(29(31)32)17(25-12-26-18)24-11-13-3-5-15(6-4-13)34-20(21,22)23/h3-6,12,14H,2,7-11H2,1H3,(H2,24,25,26,27). The Morgan fingerprint density at radius 3 is 2.47 bits per heavy atom. The second-order valence-electron chi connectivity index (χ2n) is 7.33. The summed E-state index contributed by atoms with van der Waals surface area (Å²) in [6.07, 6.45) is 1.93. The second-order valence-corrected chi connectivity index (χ2v) is 8.46. The van der Waals surface area contributed by atoms with E-state index >= 15 is 0 Å². The Morgan fingerprint density at radius 1 is 1.24 bits per heavy atom. The van der Waals surface area contributed by atoms with Crippen LogP contribution in [0.3, 0.4) is 0 Å². The molecule has 2 heterocycles. The summed E-state index contributed by atoms with van der Waals surface area (Å²) in [4.78, 5) is 32.6. The quantitative estimate of drug-likeness (QED) is 0.303. The third-order valence-corrected chi connectivity index (χ3v) is 5.72. The normalized spacial score (nSPS) is 14.5. The smallest absolute Gasteiger partial charge is 0.446 e. The molecule has 3 rings (SSSR count). The fourth-order valence-electron chi connectivity index (χ4n) is 3.40. The lowest BCUT2D eigenvalue weighted by molar-refractivity contribution is -0.383. The number of carbonyl (C=O) groups excluding carboxylic acids is 1. The van der Waals surface area contributed by atoms with Crippen molar-refractivity contribution in [3.8, 4) is 0 Å². The number of amides is 1. The van der Waals surface area contributed by atoms with Gasteiger partial charge in [0.1, 0.15) is 6.33 Å². The third kappa shape index (κ3) is 7.10. The van der Waals surface area contributed by atoms with Gasteiger partial charge < -0.3 is 20.3 Å². The van der Waals surface area contributed by atoms with Crippen LogP contribution in [-0.4, -0.2) is 57.1 Å². The number of ether oxygens (including phenoxy) is 1. The maximum Gasteiger partial charge on any atom is 0.446 e. The zero-order valence-corrected chi connectivity index (χ0v) is 19.0. The molecule has 0 spiro atoms. The predicted octanol–water partition coefficient (Wildman–Crippen LogP) is 4.64. The number of hydrogen-bond acceptors (Lipinski definition) is 9. The molecule has 1 fully saturated rings. The molecule has 0 bridgehead atoms. The summed E-state index contributed by atoms with van der Waals surface area (Å²) >= 11 is -0.215. The van der Waals surface area contributed by atoms with Crippen LogP contribution in [0.4, 0.5) is 35.3 Å². The van der Waals surface area contributed by atoms with Crippen molar-refractivity contribution in [2.45, 2.75) is 42.8 Å². The highest BCUT2D eigenvalue weighted by molar-refractivity contribution is 8.00. The number of halogens is 3. The van der Waals surface area contributed by atoms with Gasteiger partial charge >= 0.3 is 17.3 Å². The number of carbonyl (C=O) groups is 1. The summed E-state index contributed by atoms with van der Waals surface area (Å²) < 4.78 is 42.4. The molecule has 184 valence electrons. The van der Waals surface area contributed by atoms with E-state index in [2.05, 4.69) is 20.6 Å². The molecular weight excluding hydrogens is 477 g/mol. The number of nitro groups is 1. The lowest BCUT2D eigenvalue weighted by atomic mass is 10.1. The van der Waals surface area contributed by atoms with Gasteiger partial charge in [0.25, 0.3) is 0 Å². The van der Waals surface area contributed by atoms with Crippen LogP contribution in [-0.2, 0) is 11.3 Å². The highest BCUT2D eigenvalue weighted by Gasteiger charge is 2.30. The van der Waals surface area contributed by atoms with E-state index in [1.807, 2.05) is 0 Å². The summed E-state index contributed by atoms with van der Waals surface area (Å²) in [5.41, 5.74) is -4.08. The Labute approximate surface area is 197 Å². The Hall–Kier alpha value is -3.29. The molecule has 0 aliphatic carbocycles. The van der Waals surface area contributed by atoms with Crippen molar-refractivity contribution in [1.82, 2.24) is 14.9 Å². The van der Waals surface area contributed by atoms with Gasteiger partial charge in [-0.2, -0.15) is 13.2 Å². The van der Waals surface area contributed by atoms with Gasteiger partial charge in [0, 0.05) is 30.6 Å². The molecule has 34 heavy (non-hydrogen) atoms. The van der Waals surface area contributed by atoms with E-state index in [4.69, 9.17) is 4.74 Å². The van der Waals surface area contributed by atoms with Crippen LogP contribution in [0, 0.1) is 10.1 Å². The number of alkyl halides is 3. The number of likely N-dealkylation sites (tertiary alicyclic amines) is 1. The molecule has 1 aliphatic heterocycles. The van der Waals surface area contributed by atoms with Gasteiger partial charge in [0.2, 0.25) is 11.6 Å². The minimum Gasteiger partial charge on any atom is -0.450 e. The van der Waals surface area contributed by atoms with Crippen LogP contribution >= 0.6 is 11.8 Å². The number of anilines is 2. The van der Waals surface area contributed by atoms with E-state index in [-0.39, 0.29) is 59.3 Å². The molecule has 0 saturated carbocycles. The van der Waals surface area contributed by atoms with E-state index < -0.39 is 10.4 Å². The van der Waals surface area contributed by atoms with Gasteiger partial charge in [-0.05, 0) is 49.2 Å². The number of thioether (sulfide) groups is 1. The van der Waals surface area contributed by atoms with Crippen molar-refractivity contribution in [2.24, 2.45) is 0 Å². The largest absolute Gasteiger partial charge is 0.450 e. The van der Waals surface area contributed by atoms with E-state index in [0.29, 0.717) is 31.5 Å². The van der Waals surface area contributed by atoms with Crippen molar-refractivity contribution in [2.75, 3.05) is 30.3 Å². The minimum absolute atomic E-state index is 0.0137. The van der Waals surface area contributed by atoms with Crippen LogP contribution in [0.5, 0.6) is 0 Å². The van der Waals surface area contributed by atoms with Gasteiger partial charge in [0.05, 0.1) is 11.5 Å². The molecule has 14 heteroatoms. The van der Waals surface area contributed by atoms with Crippen molar-refractivity contribution < 1.29 is 27.6 Å². The lowest BCUT2D eigenvalue weighted by Crippen LogP contribution is -2.42. The Bertz CT molecular complexity index is 1000. The number of nitrogens with one attached hydrogen (secondary N) is 2. The number of piperidine rings is 1. The molecule has 1 aliphatic rings. The molecule has 0 atom stereocenters. The number of aromatic nitrogens is 2. The fraction of sp³-hybridized carbons (Fsp3) is 0.450. The molecule has 1 aromatic carbocycles. The molecular formula is C20H23F3N6O4S. The molecule has 2 aromatic rings. The van der Waals surface area contributed by atoms with Crippen molar-refractivity contribution in [3.05, 3.63) is 46.3 Å². The zero-order valence-electron chi connectivity index (χ0n) is 18.2. The monoisotopic (exact) mass is 500 g/mol. The first-order valence-electron chi connectivity index (χ1n) is 10.4. The van der Waals surface area contributed by atoms with Crippen molar-refractivity contribution >= 4 is 35.2 Å². The number of hydrogen-bond donors (Lipinski definition) is 2. The van der Waals surface area contributed by atoms with Gasteiger partial charge in [0.15, 0.2) is 0 Å². The highest BCUT2D eigenvalue weighted by atomic mass is 32.2. The van der Waals surface area contributed by atoms with Crippen LogP contribution < -0.4 is 10.6 Å². The van der Waals surface area contributed by atoms with Gasteiger partial charge in [-0.3, -0.25) is 10.1 Å². The fourth-order valence-corrected chi connectivity index (χ4v) is 3.94. The van der Waals surface area contributed by atoms with Crippen LogP contribution in [0.1, 0.15) is 25.3 Å². The highest BCUT2D eigenvalue weighted by Crippen LogP contribution is 2.37. The maximum atomic E-state index is 12.5. The number of benzene rings is 1. The van der Waals surface area contributed by atoms with Gasteiger partial charge in [-0.1, -0.05) is 12.1 Å². The van der Waals surface area contributed by atoms with Crippen LogP contribution in [0.15, 0.2) is 35.5 Å². The summed E-state index contributed by atoms with van der Waals surface area (Å²) in [7, 11) is 0. The van der Waals surface area contributed by atoms with Gasteiger partial charge in [-0.25, -0.2) is 14.8 Å². The molecule has 0 unspecified atom stereocenters. The van der Waals surface area contributed by atoms with E-state index in [1.54, 1.807) is 11.8 Å². The molecule has 1 saturated heterocycles. The van der Waals surface area contributed by atoms with E-state index in [1.165, 1.54) is 30.6 Å². The first kappa shape index (κ1) is 25.3. The molecule has 1 amide bonds. The zero-order chi connectivity index (χ0) is 24.7. The summed E-state index contributed by atoms with van der Waals surface area (Å²) in [6.45, 7) is 3.03. The lowest BCUT2D eigenvalue weighted by Gasteiger charge is -2.31. The topological polar surface area (TPSA) is 123 Å². The summed E-state index contributed by atoms with van der Waals surface area (Å²) in [5.74, 6) is 0.0363. The van der Waals surface area contributed by atoms with Crippen molar-refractivity contribution in [3.63, 3.8) is 0 Å². The summed E-state index contributed by atoms with van der Waals surface area (Å²) in [6, 6.07) is 5.54. The molecule has 1 aromatic heterocycles. The Morgan fingerprint density at radius 2 is 1.88 bits per heavy atom. The Balaban J connectivity index is 1.64. The number of nitrogens with zero attached hydrogens (tertiary/aromatic N) is 4. The third-order valence-electron chi connectivity index (χ3n) is 4.98. The first-order valence-corrected chi connectivity index (χ1v) is 11.2. The van der Waals surface area contributed by atoms with E-state index in [0.717, 1.165) is 0 Å². The Kier molecular flexibility index (Phi) is 8.36. The summed E-state index contributed by atoms with van der Waals surface area (Å²) in [5, 5.41) is 17.7. The van der Waals surface area contributed by atoms with E-state index in [9.17, 15) is 28.1 Å². The minimum atomic E-state index is -4.37. The maximum absolute atomic E-state index is 12.5. The van der Waals surface area contributed by atoms with Crippen molar-refractivity contribution in [1.29, 1.82) is 0 Å². The second kappa shape index (κ2) is 11.2. The predicted molar refractivity (Wildman–Crippen MR) is 120 cm³/mol. The average molecular weight is 501 g/mol. The molecule has 2 N–H and O–H groups in total. The van der Waals surface area contributed by atoms with Crippen LogP contribution in [0.2, 0.25) is 0 Å². The SMILES string of the molecule is CCOC(=O)N1CCC(Nc2ncnc(NCc3ccc(SC(F)(F)F)cc3)c2[N+](=O)[O-])CC1. The number of rotatable bonds is 8. The average Bonchev–Trinajstić information content (AvgIpc) is 2.78. The molecule has 0 radical (unpaired) electrons. The van der Waals surface area contributed by atoms with Crippen LogP contribution in [0.25, 0.3) is 0 Å². The first-order chi connectivity index (χ1) is 16.2. The van der Waals surface area contributed by atoms with Gasteiger partial charge in [-0.15, -0.1) is 0 Å². The molecule has 10 nitrogen and oxygen atoms in total.